The molecular weight excluding hydrogens is 639 g/mol. The molecule has 3 aromatic rings. The minimum absolute atomic E-state index is 0.0712. The number of hydrogen-bond donors (Lipinski definition) is 2. The van der Waals surface area contributed by atoms with Crippen molar-refractivity contribution < 1.29 is 22.7 Å². The van der Waals surface area contributed by atoms with Crippen LogP contribution in [0, 0.1) is 5.41 Å². The molecule has 8 rings (SSSR count). The number of amides is 2. The molecule has 0 spiro atoms. The smallest absolute Gasteiger partial charge is 0.303 e. The van der Waals surface area contributed by atoms with Gasteiger partial charge in [-0.3, -0.25) is 9.59 Å². The zero-order valence-corrected chi connectivity index (χ0v) is 29.9. The number of nitrogens with zero attached hydrogens (tertiary/aromatic N) is 3. The fourth-order valence-electron chi connectivity index (χ4n) is 9.91. The molecule has 10 nitrogen and oxygen atoms in total. The molecule has 4 heterocycles. The number of hydrogen-bond acceptors (Lipinski definition) is 6. The molecule has 2 amide bonds. The van der Waals surface area contributed by atoms with Crippen molar-refractivity contribution in [1.29, 1.82) is 0 Å². The highest BCUT2D eigenvalue weighted by atomic mass is 32.2. The first-order valence-electron chi connectivity index (χ1n) is 18.2. The maximum atomic E-state index is 15.1. The van der Waals surface area contributed by atoms with Gasteiger partial charge in [0.2, 0.25) is 5.91 Å². The number of carbonyl (C=O) groups is 2. The highest BCUT2D eigenvalue weighted by Gasteiger charge is 2.65. The highest BCUT2D eigenvalue weighted by Crippen LogP contribution is 2.67. The minimum atomic E-state index is -3.97. The molecule has 1 aromatic heterocycles. The van der Waals surface area contributed by atoms with Crippen LogP contribution in [0.15, 0.2) is 36.4 Å². The molecule has 2 aromatic carbocycles. The lowest BCUT2D eigenvalue weighted by Crippen LogP contribution is -2.54. The zero-order chi connectivity index (χ0) is 34.2. The van der Waals surface area contributed by atoms with Gasteiger partial charge >= 0.3 is 10.2 Å². The van der Waals surface area contributed by atoms with Gasteiger partial charge < -0.3 is 19.5 Å². The molecule has 4 unspecified atom stereocenters. The fraction of sp³-hybridized carbons (Fsp3) is 0.579. The molecule has 0 radical (unpaired) electrons. The van der Waals surface area contributed by atoms with Crippen LogP contribution in [0.4, 0.5) is 0 Å². The van der Waals surface area contributed by atoms with E-state index in [1.807, 2.05) is 18.2 Å². The number of nitrogens with one attached hydrogen (secondary N) is 2. The van der Waals surface area contributed by atoms with E-state index in [9.17, 15) is 13.2 Å². The van der Waals surface area contributed by atoms with E-state index in [2.05, 4.69) is 38.6 Å². The minimum Gasteiger partial charge on any atom is -0.497 e. The Morgan fingerprint density at radius 2 is 1.73 bits per heavy atom. The molecule has 11 heteroatoms. The van der Waals surface area contributed by atoms with E-state index in [1.54, 1.807) is 13.2 Å². The van der Waals surface area contributed by atoms with E-state index in [1.165, 1.54) is 44.5 Å². The number of aromatic nitrogens is 1. The maximum absolute atomic E-state index is 15.1. The second kappa shape index (κ2) is 12.1. The van der Waals surface area contributed by atoms with Gasteiger partial charge in [-0.2, -0.15) is 12.7 Å². The molecule has 5 aliphatic rings. The van der Waals surface area contributed by atoms with Gasteiger partial charge in [-0.25, -0.2) is 4.72 Å². The quantitative estimate of drug-likeness (QED) is 0.323. The van der Waals surface area contributed by atoms with Crippen LogP contribution in [-0.2, 0) is 21.5 Å². The Morgan fingerprint density at radius 1 is 1.00 bits per heavy atom. The summed E-state index contributed by atoms with van der Waals surface area (Å²) in [7, 11) is 0.520. The summed E-state index contributed by atoms with van der Waals surface area (Å²) in [4.78, 5) is 30.8. The lowest BCUT2D eigenvalue weighted by atomic mass is 9.81. The molecule has 2 saturated heterocycles. The van der Waals surface area contributed by atoms with Crippen molar-refractivity contribution in [3.8, 4) is 17.0 Å². The third kappa shape index (κ3) is 5.30. The highest BCUT2D eigenvalue weighted by molar-refractivity contribution is 7.87. The molecule has 2 aliphatic carbocycles. The third-order valence-electron chi connectivity index (χ3n) is 12.4. The number of fused-ring (bicyclic) bond motifs is 9. The van der Waals surface area contributed by atoms with Crippen LogP contribution < -0.4 is 14.8 Å². The Kier molecular flexibility index (Phi) is 8.11. The Balaban J connectivity index is 1.29. The summed E-state index contributed by atoms with van der Waals surface area (Å²) < 4.78 is 36.5. The molecule has 2 bridgehead atoms. The molecule has 4 fully saturated rings. The van der Waals surface area contributed by atoms with Gasteiger partial charge in [0.1, 0.15) is 5.75 Å². The number of rotatable bonds is 8. The summed E-state index contributed by atoms with van der Waals surface area (Å²) in [6, 6.07) is 12.9. The van der Waals surface area contributed by atoms with Crippen molar-refractivity contribution in [2.45, 2.75) is 108 Å². The first kappa shape index (κ1) is 32.8. The van der Waals surface area contributed by atoms with Gasteiger partial charge in [-0.15, -0.1) is 0 Å². The van der Waals surface area contributed by atoms with E-state index in [-0.39, 0.29) is 29.5 Å². The predicted octanol–water partition coefficient (Wildman–Crippen LogP) is 5.52. The monoisotopic (exact) mass is 687 g/mol. The number of benzene rings is 2. The Hall–Kier alpha value is -3.41. The number of carbonyl (C=O) groups excluding carboxylic acids is 2. The Morgan fingerprint density at radius 3 is 2.41 bits per heavy atom. The van der Waals surface area contributed by atoms with Crippen molar-refractivity contribution in [3.63, 3.8) is 0 Å². The molecule has 2 saturated carbocycles. The van der Waals surface area contributed by atoms with Gasteiger partial charge in [-0.1, -0.05) is 32.3 Å². The number of piperidine rings is 1. The maximum Gasteiger partial charge on any atom is 0.303 e. The van der Waals surface area contributed by atoms with Crippen LogP contribution in [0.5, 0.6) is 5.75 Å². The van der Waals surface area contributed by atoms with Gasteiger partial charge in [-0.05, 0) is 98.9 Å². The van der Waals surface area contributed by atoms with Crippen LogP contribution in [0.2, 0.25) is 0 Å². The summed E-state index contributed by atoms with van der Waals surface area (Å²) in [5, 5.41) is 4.74. The zero-order valence-electron chi connectivity index (χ0n) is 29.1. The largest absolute Gasteiger partial charge is 0.497 e. The second-order valence-corrected chi connectivity index (χ2v) is 17.2. The lowest BCUT2D eigenvalue weighted by Gasteiger charge is -2.41. The van der Waals surface area contributed by atoms with Crippen molar-refractivity contribution in [2.24, 2.45) is 5.41 Å². The molecule has 262 valence electrons. The number of methoxy groups -OCH3 is 1. The summed E-state index contributed by atoms with van der Waals surface area (Å²) in [5.74, 6) is 0.830. The van der Waals surface area contributed by atoms with Crippen LogP contribution in [0.3, 0.4) is 0 Å². The van der Waals surface area contributed by atoms with Gasteiger partial charge in [0, 0.05) is 66.7 Å². The second-order valence-electron chi connectivity index (χ2n) is 15.3. The summed E-state index contributed by atoms with van der Waals surface area (Å²) in [5.41, 5.74) is 5.34. The van der Waals surface area contributed by atoms with Crippen LogP contribution in [0.1, 0.15) is 104 Å². The van der Waals surface area contributed by atoms with Crippen LogP contribution >= 0.6 is 0 Å². The SMILES string of the molecule is CCNC1CC2CCC(C1)N2C(=O)C12CC1c1cc(OC)ccc1-c1c(C3CCCCC3)c3ccc(C(=O)NS(=O)(=O)N(C)C)cc3n1C2. The van der Waals surface area contributed by atoms with E-state index >= 15 is 4.79 Å². The normalized spacial score (nSPS) is 27.7. The van der Waals surface area contributed by atoms with Crippen molar-refractivity contribution in [3.05, 3.63) is 53.1 Å². The first-order chi connectivity index (χ1) is 23.6. The van der Waals surface area contributed by atoms with E-state index < -0.39 is 21.5 Å². The van der Waals surface area contributed by atoms with E-state index in [0.717, 1.165) is 83.7 Å². The first-order valence-corrected chi connectivity index (χ1v) is 19.7. The summed E-state index contributed by atoms with van der Waals surface area (Å²) in [6.45, 7) is 3.62. The number of ether oxygens (including phenoxy) is 1. The van der Waals surface area contributed by atoms with Crippen molar-refractivity contribution in [2.75, 3.05) is 27.7 Å². The van der Waals surface area contributed by atoms with Crippen molar-refractivity contribution >= 4 is 32.9 Å². The summed E-state index contributed by atoms with van der Waals surface area (Å²) >= 11 is 0. The molecular formula is C38H49N5O5S. The molecule has 4 atom stereocenters. The van der Waals surface area contributed by atoms with Crippen molar-refractivity contribution in [1.82, 2.24) is 23.8 Å². The average Bonchev–Trinajstić information content (AvgIpc) is 3.68. The molecule has 3 aliphatic heterocycles. The van der Waals surface area contributed by atoms with Crippen LogP contribution in [0.25, 0.3) is 22.2 Å². The average molecular weight is 688 g/mol. The topological polar surface area (TPSA) is 113 Å². The molecule has 49 heavy (non-hydrogen) atoms. The predicted molar refractivity (Wildman–Crippen MR) is 190 cm³/mol. The summed E-state index contributed by atoms with van der Waals surface area (Å²) in [6.07, 6.45) is 10.7. The lowest BCUT2D eigenvalue weighted by molar-refractivity contribution is -0.142. The van der Waals surface area contributed by atoms with E-state index in [4.69, 9.17) is 4.74 Å². The fourth-order valence-corrected chi connectivity index (χ4v) is 10.4. The van der Waals surface area contributed by atoms with Gasteiger partial charge in [0.05, 0.1) is 18.2 Å². The molecule has 2 N–H and O–H groups in total. The van der Waals surface area contributed by atoms with Crippen LogP contribution in [-0.4, -0.2) is 79.9 Å². The van der Waals surface area contributed by atoms with E-state index in [0.29, 0.717) is 18.5 Å². The Bertz CT molecular complexity index is 1920. The van der Waals surface area contributed by atoms with Gasteiger partial charge in [0.15, 0.2) is 0 Å². The van der Waals surface area contributed by atoms with Gasteiger partial charge in [0.25, 0.3) is 5.91 Å². The standard InChI is InChI=1S/C38H49N5O5S/c1-5-39-25-18-26-12-13-27(19-25)43(26)37(45)38-21-32(38)31-20-28(48-4)14-16-29(31)35-34(23-9-7-6-8-10-23)30-15-11-24(17-33(30)42(35)22-38)36(44)40-49(46,47)41(2)3/h11,14-17,20,23,25-27,32,39H,5-10,12-13,18-19,21-22H2,1-4H3,(H,40,44). The Labute approximate surface area is 289 Å². The third-order valence-corrected chi connectivity index (χ3v) is 13.8.